The van der Waals surface area contributed by atoms with E-state index in [9.17, 15) is 14.5 Å². The van der Waals surface area contributed by atoms with Gasteiger partial charge >= 0.3 is 0 Å². The third-order valence-electron chi connectivity index (χ3n) is 2.83. The van der Waals surface area contributed by atoms with E-state index in [1.807, 2.05) is 27.7 Å². The van der Waals surface area contributed by atoms with Crippen LogP contribution in [0.3, 0.4) is 0 Å². The van der Waals surface area contributed by atoms with Gasteiger partial charge in [0.05, 0.1) is 4.92 Å². The van der Waals surface area contributed by atoms with Crippen molar-refractivity contribution in [2.45, 2.75) is 33.7 Å². The number of hydrogen-bond acceptors (Lipinski definition) is 3. The zero-order valence-corrected chi connectivity index (χ0v) is 10.5. The van der Waals surface area contributed by atoms with Gasteiger partial charge in [-0.2, -0.15) is 0 Å². The van der Waals surface area contributed by atoms with Crippen LogP contribution in [0, 0.1) is 21.3 Å². The summed E-state index contributed by atoms with van der Waals surface area (Å²) in [5, 5.41) is 13.8. The van der Waals surface area contributed by atoms with Crippen LogP contribution in [0.25, 0.3) is 0 Å². The lowest BCUT2D eigenvalue weighted by molar-refractivity contribution is -0.384. The van der Waals surface area contributed by atoms with Crippen molar-refractivity contribution >= 4 is 11.4 Å². The fourth-order valence-corrected chi connectivity index (χ4v) is 1.23. The van der Waals surface area contributed by atoms with Gasteiger partial charge in [-0.25, -0.2) is 4.39 Å². The van der Waals surface area contributed by atoms with Crippen LogP contribution >= 0.6 is 0 Å². The Morgan fingerprint density at radius 3 is 2.47 bits per heavy atom. The van der Waals surface area contributed by atoms with Crippen LogP contribution in [-0.4, -0.2) is 11.0 Å². The predicted octanol–water partition coefficient (Wildman–Crippen LogP) is 3.58. The molecule has 4 nitrogen and oxygen atoms in total. The minimum atomic E-state index is -0.517. The second-order valence-electron chi connectivity index (χ2n) is 5.15. The number of benzene rings is 1. The Bertz CT molecular complexity index is 427. The molecule has 0 amide bonds. The Balaban J connectivity index is 3.04. The van der Waals surface area contributed by atoms with Crippen LogP contribution in [0.5, 0.6) is 0 Å². The molecule has 0 heterocycles. The van der Waals surface area contributed by atoms with Crippen molar-refractivity contribution in [3.05, 3.63) is 34.1 Å². The molecular weight excluding hydrogens is 223 g/mol. The lowest BCUT2D eigenvalue weighted by Gasteiger charge is -2.28. The van der Waals surface area contributed by atoms with Crippen molar-refractivity contribution in [3.8, 4) is 0 Å². The monoisotopic (exact) mass is 240 g/mol. The molecule has 1 N–H and O–H groups in total. The van der Waals surface area contributed by atoms with Gasteiger partial charge in [-0.05, 0) is 18.4 Å². The number of anilines is 1. The van der Waals surface area contributed by atoms with Gasteiger partial charge in [0.25, 0.3) is 5.69 Å². The largest absolute Gasteiger partial charge is 0.376 e. The third kappa shape index (κ3) is 3.41. The quantitative estimate of drug-likeness (QED) is 0.649. The highest BCUT2D eigenvalue weighted by molar-refractivity contribution is 5.61. The summed E-state index contributed by atoms with van der Waals surface area (Å²) in [6, 6.07) is 3.40. The van der Waals surface area contributed by atoms with Gasteiger partial charge in [0.15, 0.2) is 0 Å². The van der Waals surface area contributed by atoms with Gasteiger partial charge in [0.2, 0.25) is 0 Å². The van der Waals surface area contributed by atoms with Crippen molar-refractivity contribution in [1.29, 1.82) is 0 Å². The molecule has 94 valence electrons. The molecule has 0 bridgehead atoms. The van der Waals surface area contributed by atoms with E-state index in [-0.39, 0.29) is 22.8 Å². The van der Waals surface area contributed by atoms with E-state index in [0.29, 0.717) is 0 Å². The van der Waals surface area contributed by atoms with E-state index in [2.05, 4.69) is 5.32 Å². The molecular formula is C12H17FN2O2. The molecule has 0 radical (unpaired) electrons. The van der Waals surface area contributed by atoms with Gasteiger partial charge < -0.3 is 5.32 Å². The highest BCUT2D eigenvalue weighted by atomic mass is 19.1. The lowest BCUT2D eigenvalue weighted by atomic mass is 9.88. The normalized spacial score (nSPS) is 13.2. The van der Waals surface area contributed by atoms with E-state index in [4.69, 9.17) is 0 Å². The van der Waals surface area contributed by atoms with Crippen LogP contribution in [0.1, 0.15) is 27.7 Å². The summed E-state index contributed by atoms with van der Waals surface area (Å²) >= 11 is 0. The molecule has 0 aliphatic rings. The second kappa shape index (κ2) is 4.69. The number of nitrogens with zero attached hydrogens (tertiary/aromatic N) is 1. The summed E-state index contributed by atoms with van der Waals surface area (Å²) < 4.78 is 13.1. The summed E-state index contributed by atoms with van der Waals surface area (Å²) in [4.78, 5) is 10.3. The Hall–Kier alpha value is -1.65. The first-order valence-electron chi connectivity index (χ1n) is 5.42. The maximum atomic E-state index is 13.1. The molecule has 0 fully saturated rings. The van der Waals surface area contributed by atoms with Gasteiger partial charge in [-0.1, -0.05) is 20.8 Å². The molecule has 1 aromatic rings. The maximum absolute atomic E-state index is 13.1. The first-order valence-corrected chi connectivity index (χ1v) is 5.42. The highest BCUT2D eigenvalue weighted by Gasteiger charge is 2.23. The molecule has 1 unspecified atom stereocenters. The van der Waals surface area contributed by atoms with Crippen molar-refractivity contribution in [2.24, 2.45) is 5.41 Å². The standard InChI is InChI=1S/C12H17FN2O2/c1-8(12(2,3)4)14-10-7-9(13)5-6-11(10)15(16)17/h5-8,14H,1-4H3. The molecule has 0 spiro atoms. The molecule has 1 aromatic carbocycles. The molecule has 5 heteroatoms. The van der Waals surface area contributed by atoms with Crippen molar-refractivity contribution in [1.82, 2.24) is 0 Å². The van der Waals surface area contributed by atoms with Gasteiger partial charge in [-0.3, -0.25) is 10.1 Å². The van der Waals surface area contributed by atoms with Crippen molar-refractivity contribution in [2.75, 3.05) is 5.32 Å². The Kier molecular flexibility index (Phi) is 3.70. The summed E-state index contributed by atoms with van der Waals surface area (Å²) in [5.74, 6) is -0.487. The predicted molar refractivity (Wildman–Crippen MR) is 65.6 cm³/mol. The number of rotatable bonds is 3. The van der Waals surface area contributed by atoms with Crippen molar-refractivity contribution in [3.63, 3.8) is 0 Å². The first-order chi connectivity index (χ1) is 7.71. The average Bonchev–Trinajstić information content (AvgIpc) is 2.15. The van der Waals surface area contributed by atoms with Crippen LogP contribution < -0.4 is 5.32 Å². The van der Waals surface area contributed by atoms with Gasteiger partial charge in [0.1, 0.15) is 11.5 Å². The van der Waals surface area contributed by atoms with Crippen molar-refractivity contribution < 1.29 is 9.31 Å². The smallest absolute Gasteiger partial charge is 0.292 e. The van der Waals surface area contributed by atoms with E-state index in [0.717, 1.165) is 12.1 Å². The second-order valence-corrected chi connectivity index (χ2v) is 5.15. The lowest BCUT2D eigenvalue weighted by Crippen LogP contribution is -2.31. The minimum Gasteiger partial charge on any atom is -0.376 e. The Morgan fingerprint density at radius 1 is 1.41 bits per heavy atom. The fourth-order valence-electron chi connectivity index (χ4n) is 1.23. The van der Waals surface area contributed by atoms with Gasteiger partial charge in [0, 0.05) is 18.2 Å². The number of hydrogen-bond donors (Lipinski definition) is 1. The molecule has 0 saturated carbocycles. The molecule has 0 aliphatic heterocycles. The molecule has 1 atom stereocenters. The van der Waals surface area contributed by atoms with E-state index in [1.165, 1.54) is 6.07 Å². The molecule has 0 aromatic heterocycles. The minimum absolute atomic E-state index is 0.0111. The van der Waals surface area contributed by atoms with Crippen LogP contribution in [0.4, 0.5) is 15.8 Å². The number of halogens is 1. The summed E-state index contributed by atoms with van der Waals surface area (Å²) in [5.41, 5.74) is 0.0418. The number of nitrogens with one attached hydrogen (secondary N) is 1. The maximum Gasteiger partial charge on any atom is 0.292 e. The zero-order chi connectivity index (χ0) is 13.2. The molecule has 17 heavy (non-hydrogen) atoms. The Morgan fingerprint density at radius 2 is 2.00 bits per heavy atom. The third-order valence-corrected chi connectivity index (χ3v) is 2.83. The van der Waals surface area contributed by atoms with Crippen LogP contribution in [0.2, 0.25) is 0 Å². The molecule has 0 saturated heterocycles. The fraction of sp³-hybridized carbons (Fsp3) is 0.500. The summed E-state index contributed by atoms with van der Waals surface area (Å²) in [6.07, 6.45) is 0. The zero-order valence-electron chi connectivity index (χ0n) is 10.5. The SMILES string of the molecule is CC(Nc1cc(F)ccc1[N+](=O)[O-])C(C)(C)C. The van der Waals surface area contributed by atoms with Crippen LogP contribution in [0.15, 0.2) is 18.2 Å². The highest BCUT2D eigenvalue weighted by Crippen LogP contribution is 2.29. The molecule has 0 aliphatic carbocycles. The topological polar surface area (TPSA) is 55.2 Å². The van der Waals surface area contributed by atoms with E-state index >= 15 is 0 Å². The van der Waals surface area contributed by atoms with E-state index in [1.54, 1.807) is 0 Å². The van der Waals surface area contributed by atoms with Gasteiger partial charge in [-0.15, -0.1) is 0 Å². The first kappa shape index (κ1) is 13.4. The number of nitro benzene ring substituents is 1. The summed E-state index contributed by atoms with van der Waals surface area (Å²) in [6.45, 7) is 7.94. The molecule has 1 rings (SSSR count). The average molecular weight is 240 g/mol. The Labute approximate surface area is 100.0 Å². The van der Waals surface area contributed by atoms with Crippen LogP contribution in [-0.2, 0) is 0 Å². The van der Waals surface area contributed by atoms with E-state index < -0.39 is 10.7 Å². The summed E-state index contributed by atoms with van der Waals surface area (Å²) in [7, 11) is 0. The number of nitro groups is 1.